The molecule has 0 aliphatic carbocycles. The highest BCUT2D eigenvalue weighted by atomic mass is 32.2. The van der Waals surface area contributed by atoms with Gasteiger partial charge < -0.3 is 19.1 Å². The maximum Gasteiger partial charge on any atom is 0.233 e. The topological polar surface area (TPSA) is 84.2 Å². The number of aliphatic imine (C=N–C) groups is 1. The molecule has 1 fully saturated rings. The van der Waals surface area contributed by atoms with Crippen molar-refractivity contribution < 1.29 is 19.0 Å². The number of hydrogen-bond acceptors (Lipinski definition) is 7. The molecule has 0 aromatic carbocycles. The minimum atomic E-state index is -0.319. The summed E-state index contributed by atoms with van der Waals surface area (Å²) in [7, 11) is 0. The van der Waals surface area contributed by atoms with Crippen molar-refractivity contribution in [3.8, 4) is 6.07 Å². The third-order valence-corrected chi connectivity index (χ3v) is 5.78. The van der Waals surface area contributed by atoms with E-state index in [1.807, 2.05) is 24.0 Å². The fourth-order valence-electron chi connectivity index (χ4n) is 3.19. The molecule has 1 amide bonds. The van der Waals surface area contributed by atoms with Crippen LogP contribution in [0.3, 0.4) is 0 Å². The van der Waals surface area contributed by atoms with Crippen LogP contribution in [0, 0.1) is 17.2 Å². The number of hydrogen-bond donors (Lipinski definition) is 0. The SMILES string of the molecule is C/C=C1/N=C(SCC(=O)N2CCCOCC2)C(C#N)CC/C1=C/C1=COCO1. The van der Waals surface area contributed by atoms with Crippen LogP contribution in [-0.4, -0.2) is 54.7 Å². The highest BCUT2D eigenvalue weighted by Crippen LogP contribution is 2.31. The Balaban J connectivity index is 1.71. The Kier molecular flexibility index (Phi) is 7.57. The van der Waals surface area contributed by atoms with E-state index in [-0.39, 0.29) is 24.4 Å². The van der Waals surface area contributed by atoms with Gasteiger partial charge in [0, 0.05) is 19.7 Å². The van der Waals surface area contributed by atoms with E-state index in [0.717, 1.165) is 24.2 Å². The van der Waals surface area contributed by atoms with Gasteiger partial charge >= 0.3 is 0 Å². The smallest absolute Gasteiger partial charge is 0.233 e. The second-order valence-corrected chi connectivity index (χ2v) is 7.59. The molecule has 0 bridgehead atoms. The summed E-state index contributed by atoms with van der Waals surface area (Å²) in [4.78, 5) is 19.1. The van der Waals surface area contributed by atoms with Gasteiger partial charge in [-0.1, -0.05) is 17.8 Å². The molecular formula is C20H25N3O4S. The summed E-state index contributed by atoms with van der Waals surface area (Å²) in [5.74, 6) is 0.696. The van der Waals surface area contributed by atoms with Crippen molar-refractivity contribution in [1.29, 1.82) is 5.26 Å². The molecule has 0 radical (unpaired) electrons. The number of nitriles is 1. The molecular weight excluding hydrogens is 378 g/mol. The molecule has 1 saturated heterocycles. The van der Waals surface area contributed by atoms with E-state index in [1.165, 1.54) is 11.8 Å². The summed E-state index contributed by atoms with van der Waals surface area (Å²) in [5.41, 5.74) is 1.82. The van der Waals surface area contributed by atoms with Crippen LogP contribution in [0.15, 0.2) is 40.4 Å². The van der Waals surface area contributed by atoms with Crippen LogP contribution in [0.4, 0.5) is 0 Å². The second-order valence-electron chi connectivity index (χ2n) is 6.60. The number of rotatable bonds is 3. The number of thioether (sulfide) groups is 1. The van der Waals surface area contributed by atoms with Crippen LogP contribution in [0.25, 0.3) is 0 Å². The van der Waals surface area contributed by atoms with Gasteiger partial charge in [-0.05, 0) is 37.8 Å². The molecule has 3 aliphatic rings. The summed E-state index contributed by atoms with van der Waals surface area (Å²) in [6.45, 7) is 4.76. The third kappa shape index (κ3) is 5.40. The molecule has 0 spiro atoms. The first-order valence-corrected chi connectivity index (χ1v) is 10.5. The second kappa shape index (κ2) is 10.3. The molecule has 1 atom stereocenters. The molecule has 0 aromatic heterocycles. The Morgan fingerprint density at radius 3 is 3.11 bits per heavy atom. The predicted molar refractivity (Wildman–Crippen MR) is 107 cm³/mol. The van der Waals surface area contributed by atoms with Crippen LogP contribution in [0.5, 0.6) is 0 Å². The standard InChI is InChI=1S/C20H25N3O4S/c1-2-18-15(10-17-12-26-14-27-17)4-5-16(11-21)20(22-18)28-13-19(24)23-6-3-8-25-9-7-23/h2,10,12,16H,3-9,13-14H2,1H3/b15-10-,18-2+. The van der Waals surface area contributed by atoms with Gasteiger partial charge in [0.05, 0.1) is 35.1 Å². The molecule has 1 unspecified atom stereocenters. The van der Waals surface area contributed by atoms with Crippen molar-refractivity contribution in [2.75, 3.05) is 38.8 Å². The highest BCUT2D eigenvalue weighted by molar-refractivity contribution is 8.14. The number of nitrogens with zero attached hydrogens (tertiary/aromatic N) is 3. The van der Waals surface area contributed by atoms with Gasteiger partial charge in [0.1, 0.15) is 6.26 Å². The van der Waals surface area contributed by atoms with Gasteiger partial charge in [-0.2, -0.15) is 5.26 Å². The Labute approximate surface area is 169 Å². The predicted octanol–water partition coefficient (Wildman–Crippen LogP) is 2.98. The average Bonchev–Trinajstić information content (AvgIpc) is 2.98. The number of amides is 1. The number of ether oxygens (including phenoxy) is 3. The molecule has 150 valence electrons. The highest BCUT2D eigenvalue weighted by Gasteiger charge is 2.25. The zero-order valence-electron chi connectivity index (χ0n) is 16.1. The van der Waals surface area contributed by atoms with Gasteiger partial charge in [0.15, 0.2) is 5.76 Å². The molecule has 3 aliphatic heterocycles. The van der Waals surface area contributed by atoms with Gasteiger partial charge in [0.2, 0.25) is 12.7 Å². The summed E-state index contributed by atoms with van der Waals surface area (Å²) < 4.78 is 15.9. The lowest BCUT2D eigenvalue weighted by molar-refractivity contribution is -0.128. The van der Waals surface area contributed by atoms with Crippen molar-refractivity contribution in [3.63, 3.8) is 0 Å². The maximum absolute atomic E-state index is 12.6. The summed E-state index contributed by atoms with van der Waals surface area (Å²) >= 11 is 1.37. The average molecular weight is 404 g/mol. The van der Waals surface area contributed by atoms with E-state index in [9.17, 15) is 10.1 Å². The van der Waals surface area contributed by atoms with Crippen molar-refractivity contribution >= 4 is 22.7 Å². The Morgan fingerprint density at radius 2 is 2.36 bits per heavy atom. The zero-order chi connectivity index (χ0) is 19.8. The van der Waals surface area contributed by atoms with E-state index < -0.39 is 0 Å². The molecule has 8 heteroatoms. The molecule has 0 aromatic rings. The minimum absolute atomic E-state index is 0.0681. The van der Waals surface area contributed by atoms with Gasteiger partial charge in [-0.3, -0.25) is 4.79 Å². The van der Waals surface area contributed by atoms with Crippen LogP contribution in [0.1, 0.15) is 26.2 Å². The summed E-state index contributed by atoms with van der Waals surface area (Å²) in [6.07, 6.45) is 7.65. The van der Waals surface area contributed by atoms with Crippen molar-refractivity contribution in [1.82, 2.24) is 4.90 Å². The molecule has 3 rings (SSSR count). The Bertz CT molecular complexity index is 743. The van der Waals surface area contributed by atoms with Gasteiger partial charge in [0.25, 0.3) is 0 Å². The lowest BCUT2D eigenvalue weighted by atomic mass is 10.0. The van der Waals surface area contributed by atoms with E-state index >= 15 is 0 Å². The lowest BCUT2D eigenvalue weighted by Gasteiger charge is -2.19. The maximum atomic E-state index is 12.6. The minimum Gasteiger partial charge on any atom is -0.461 e. The fraction of sp³-hybridized carbons (Fsp3) is 0.550. The monoisotopic (exact) mass is 403 g/mol. The van der Waals surface area contributed by atoms with E-state index in [4.69, 9.17) is 19.2 Å². The molecule has 0 saturated carbocycles. The molecule has 3 heterocycles. The first kappa shape index (κ1) is 20.5. The first-order chi connectivity index (χ1) is 13.7. The largest absolute Gasteiger partial charge is 0.461 e. The van der Waals surface area contributed by atoms with E-state index in [0.29, 0.717) is 43.4 Å². The van der Waals surface area contributed by atoms with Crippen LogP contribution < -0.4 is 0 Å². The fourth-order valence-corrected chi connectivity index (χ4v) is 4.18. The third-order valence-electron chi connectivity index (χ3n) is 4.72. The summed E-state index contributed by atoms with van der Waals surface area (Å²) in [5, 5.41) is 10.3. The van der Waals surface area contributed by atoms with Crippen LogP contribution in [-0.2, 0) is 19.0 Å². The quantitative estimate of drug-likeness (QED) is 0.720. The number of carbonyl (C=O) groups is 1. The Hall–Kier alpha value is -2.24. The summed E-state index contributed by atoms with van der Waals surface area (Å²) in [6, 6.07) is 2.34. The van der Waals surface area contributed by atoms with Crippen LogP contribution >= 0.6 is 11.8 Å². The Morgan fingerprint density at radius 1 is 1.46 bits per heavy atom. The van der Waals surface area contributed by atoms with Crippen molar-refractivity contribution in [3.05, 3.63) is 35.4 Å². The van der Waals surface area contributed by atoms with Crippen molar-refractivity contribution in [2.24, 2.45) is 10.9 Å². The molecule has 7 nitrogen and oxygen atoms in total. The van der Waals surface area contributed by atoms with Gasteiger partial charge in [-0.15, -0.1) is 0 Å². The normalized spacial score (nSPS) is 25.9. The number of carbonyl (C=O) groups excluding carboxylic acids is 1. The number of allylic oxidation sites excluding steroid dienone is 3. The molecule has 0 N–H and O–H groups in total. The van der Waals surface area contributed by atoms with E-state index in [2.05, 4.69) is 6.07 Å². The first-order valence-electron chi connectivity index (χ1n) is 9.49. The molecule has 28 heavy (non-hydrogen) atoms. The lowest BCUT2D eigenvalue weighted by Crippen LogP contribution is -2.35. The zero-order valence-corrected chi connectivity index (χ0v) is 16.9. The van der Waals surface area contributed by atoms with Crippen molar-refractivity contribution in [2.45, 2.75) is 26.2 Å². The van der Waals surface area contributed by atoms with Gasteiger partial charge in [-0.25, -0.2) is 4.99 Å². The van der Waals surface area contributed by atoms with E-state index in [1.54, 1.807) is 6.26 Å². The van der Waals surface area contributed by atoms with Crippen LogP contribution in [0.2, 0.25) is 0 Å².